The first-order chi connectivity index (χ1) is 5.36. The van der Waals surface area contributed by atoms with Crippen LogP contribution in [-0.2, 0) is 0 Å². The summed E-state index contributed by atoms with van der Waals surface area (Å²) in [5, 5.41) is 5.52. The van der Waals surface area contributed by atoms with Gasteiger partial charge in [0, 0.05) is 5.38 Å². The summed E-state index contributed by atoms with van der Waals surface area (Å²) in [6.07, 6.45) is 0. The predicted octanol–water partition coefficient (Wildman–Crippen LogP) is 1.50. The average Bonchev–Trinajstić information content (AvgIpc) is 2.55. The quantitative estimate of drug-likeness (QED) is 0.645. The van der Waals surface area contributed by atoms with Gasteiger partial charge in [0.05, 0.1) is 5.51 Å². The highest BCUT2D eigenvalue weighted by Gasteiger charge is 2.06. The lowest BCUT2D eigenvalue weighted by Gasteiger charge is -1.79. The summed E-state index contributed by atoms with van der Waals surface area (Å²) >= 11 is 1.50. The van der Waals surface area contributed by atoms with Crippen LogP contribution in [0.5, 0.6) is 0 Å². The van der Waals surface area contributed by atoms with Gasteiger partial charge in [0.15, 0.2) is 5.82 Å². The van der Waals surface area contributed by atoms with E-state index in [0.717, 1.165) is 5.69 Å². The maximum atomic E-state index is 4.89. The van der Waals surface area contributed by atoms with E-state index in [9.17, 15) is 0 Å². The van der Waals surface area contributed by atoms with Crippen LogP contribution in [0.4, 0.5) is 0 Å². The first-order valence-electron chi connectivity index (χ1n) is 3.05. The second kappa shape index (κ2) is 2.43. The van der Waals surface area contributed by atoms with Crippen LogP contribution in [0.15, 0.2) is 15.4 Å². The van der Waals surface area contributed by atoms with E-state index in [1.807, 2.05) is 5.38 Å². The zero-order valence-electron chi connectivity index (χ0n) is 5.81. The van der Waals surface area contributed by atoms with Crippen LogP contribution in [-0.4, -0.2) is 15.1 Å². The lowest BCUT2D eigenvalue weighted by Crippen LogP contribution is -1.75. The Morgan fingerprint density at radius 2 is 2.45 bits per heavy atom. The first-order valence-corrected chi connectivity index (χ1v) is 3.99. The van der Waals surface area contributed by atoms with Crippen molar-refractivity contribution in [1.29, 1.82) is 0 Å². The molecular weight excluding hydrogens is 162 g/mol. The number of hydrogen-bond acceptors (Lipinski definition) is 5. The van der Waals surface area contributed by atoms with Crippen LogP contribution in [0.3, 0.4) is 0 Å². The Morgan fingerprint density at radius 3 is 3.00 bits per heavy atom. The molecule has 2 heterocycles. The van der Waals surface area contributed by atoms with Crippen molar-refractivity contribution in [3.05, 3.63) is 16.7 Å². The Bertz CT molecular complexity index is 340. The van der Waals surface area contributed by atoms with Crippen molar-refractivity contribution >= 4 is 11.3 Å². The highest BCUT2D eigenvalue weighted by atomic mass is 32.1. The van der Waals surface area contributed by atoms with Gasteiger partial charge in [-0.15, -0.1) is 11.3 Å². The number of thiazole rings is 1. The van der Waals surface area contributed by atoms with E-state index < -0.39 is 0 Å². The van der Waals surface area contributed by atoms with Crippen molar-refractivity contribution < 1.29 is 4.52 Å². The lowest BCUT2D eigenvalue weighted by atomic mass is 10.5. The molecule has 0 fully saturated rings. The van der Waals surface area contributed by atoms with Crippen molar-refractivity contribution in [2.75, 3.05) is 0 Å². The van der Waals surface area contributed by atoms with E-state index in [1.165, 1.54) is 11.3 Å². The molecule has 0 amide bonds. The Labute approximate surface area is 66.9 Å². The molecule has 0 radical (unpaired) electrons. The maximum absolute atomic E-state index is 4.89. The maximum Gasteiger partial charge on any atom is 0.277 e. The van der Waals surface area contributed by atoms with Gasteiger partial charge < -0.3 is 4.52 Å². The third kappa shape index (κ3) is 1.14. The smallest absolute Gasteiger partial charge is 0.277 e. The van der Waals surface area contributed by atoms with Crippen molar-refractivity contribution in [2.45, 2.75) is 6.92 Å². The van der Waals surface area contributed by atoms with Gasteiger partial charge in [-0.1, -0.05) is 5.16 Å². The normalized spacial score (nSPS) is 10.3. The number of aryl methyl sites for hydroxylation is 1. The molecule has 0 saturated carbocycles. The Kier molecular flexibility index (Phi) is 1.43. The summed E-state index contributed by atoms with van der Waals surface area (Å²) in [4.78, 5) is 8.04. The van der Waals surface area contributed by atoms with Gasteiger partial charge in [-0.2, -0.15) is 4.98 Å². The molecule has 0 aromatic carbocycles. The predicted molar refractivity (Wildman–Crippen MR) is 40.1 cm³/mol. The van der Waals surface area contributed by atoms with Crippen molar-refractivity contribution in [3.63, 3.8) is 0 Å². The third-order valence-electron chi connectivity index (χ3n) is 1.18. The molecule has 0 saturated heterocycles. The molecule has 56 valence electrons. The minimum absolute atomic E-state index is 0.490. The fraction of sp³-hybridized carbons (Fsp3) is 0.167. The number of hydrogen-bond donors (Lipinski definition) is 0. The molecule has 0 aliphatic rings. The SMILES string of the molecule is Cc1noc(-c2cscn2)n1. The second-order valence-electron chi connectivity index (χ2n) is 2.02. The number of nitrogens with zero attached hydrogens (tertiary/aromatic N) is 3. The molecule has 0 aliphatic carbocycles. The van der Waals surface area contributed by atoms with Crippen molar-refractivity contribution in [3.8, 4) is 11.6 Å². The Hall–Kier alpha value is -1.23. The van der Waals surface area contributed by atoms with Gasteiger partial charge in [-0.05, 0) is 6.92 Å². The fourth-order valence-electron chi connectivity index (χ4n) is 0.719. The number of rotatable bonds is 1. The van der Waals surface area contributed by atoms with Gasteiger partial charge >= 0.3 is 0 Å². The van der Waals surface area contributed by atoms with E-state index in [1.54, 1.807) is 12.4 Å². The summed E-state index contributed by atoms with van der Waals surface area (Å²) in [6, 6.07) is 0. The zero-order chi connectivity index (χ0) is 7.68. The largest absolute Gasteiger partial charge is 0.332 e. The molecule has 4 nitrogen and oxygen atoms in total. The number of aromatic nitrogens is 3. The minimum Gasteiger partial charge on any atom is -0.332 e. The van der Waals surface area contributed by atoms with Crippen LogP contribution in [0.1, 0.15) is 5.82 Å². The molecule has 0 aliphatic heterocycles. The molecular formula is C6H5N3OS. The molecule has 0 spiro atoms. The average molecular weight is 167 g/mol. The van der Waals surface area contributed by atoms with E-state index in [0.29, 0.717) is 11.7 Å². The Morgan fingerprint density at radius 1 is 1.55 bits per heavy atom. The molecule has 11 heavy (non-hydrogen) atoms. The van der Waals surface area contributed by atoms with Gasteiger partial charge in [-0.25, -0.2) is 4.98 Å². The molecule has 0 atom stereocenters. The molecule has 2 rings (SSSR count). The van der Waals surface area contributed by atoms with E-state index >= 15 is 0 Å². The summed E-state index contributed by atoms with van der Waals surface area (Å²) in [5.41, 5.74) is 2.48. The lowest BCUT2D eigenvalue weighted by molar-refractivity contribution is 0.424. The third-order valence-corrected chi connectivity index (χ3v) is 1.77. The summed E-state index contributed by atoms with van der Waals surface area (Å²) in [5.74, 6) is 1.12. The zero-order valence-corrected chi connectivity index (χ0v) is 6.63. The fourth-order valence-corrected chi connectivity index (χ4v) is 1.25. The summed E-state index contributed by atoms with van der Waals surface area (Å²) < 4.78 is 4.89. The molecule has 5 heteroatoms. The molecule has 2 aromatic rings. The van der Waals surface area contributed by atoms with Gasteiger partial charge in [-0.3, -0.25) is 0 Å². The van der Waals surface area contributed by atoms with Gasteiger partial charge in [0.1, 0.15) is 5.69 Å². The van der Waals surface area contributed by atoms with E-state index in [4.69, 9.17) is 4.52 Å². The standard InChI is InChI=1S/C6H5N3OS/c1-4-8-6(10-9-4)5-2-11-3-7-5/h2-3H,1H3. The molecule has 0 N–H and O–H groups in total. The highest BCUT2D eigenvalue weighted by Crippen LogP contribution is 2.15. The van der Waals surface area contributed by atoms with Gasteiger partial charge in [0.2, 0.25) is 0 Å². The van der Waals surface area contributed by atoms with Crippen LogP contribution in [0, 0.1) is 6.92 Å². The van der Waals surface area contributed by atoms with E-state index in [-0.39, 0.29) is 0 Å². The van der Waals surface area contributed by atoms with Crippen LogP contribution >= 0.6 is 11.3 Å². The van der Waals surface area contributed by atoms with Gasteiger partial charge in [0.25, 0.3) is 5.89 Å². The Balaban J connectivity index is 2.45. The molecule has 0 unspecified atom stereocenters. The second-order valence-corrected chi connectivity index (χ2v) is 2.74. The molecule has 0 bridgehead atoms. The van der Waals surface area contributed by atoms with E-state index in [2.05, 4.69) is 15.1 Å². The van der Waals surface area contributed by atoms with Crippen molar-refractivity contribution in [2.24, 2.45) is 0 Å². The topological polar surface area (TPSA) is 51.8 Å². The minimum atomic E-state index is 0.490. The van der Waals surface area contributed by atoms with Crippen molar-refractivity contribution in [1.82, 2.24) is 15.1 Å². The monoisotopic (exact) mass is 167 g/mol. The summed E-state index contributed by atoms with van der Waals surface area (Å²) in [7, 11) is 0. The summed E-state index contributed by atoms with van der Waals surface area (Å²) in [6.45, 7) is 1.78. The van der Waals surface area contributed by atoms with Crippen LogP contribution in [0.2, 0.25) is 0 Å². The van der Waals surface area contributed by atoms with Crippen LogP contribution in [0.25, 0.3) is 11.6 Å². The highest BCUT2D eigenvalue weighted by molar-refractivity contribution is 7.07. The molecule has 2 aromatic heterocycles. The first kappa shape index (κ1) is 6.48. The van der Waals surface area contributed by atoms with Crippen LogP contribution < -0.4 is 0 Å².